The zero-order valence-corrected chi connectivity index (χ0v) is 9.55. The minimum atomic E-state index is -0.136. The summed E-state index contributed by atoms with van der Waals surface area (Å²) < 4.78 is 0. The molecule has 1 aromatic heterocycles. The van der Waals surface area contributed by atoms with E-state index in [1.54, 1.807) is 23.2 Å². The number of carbonyl (C=O) groups excluding carboxylic acids is 1. The second-order valence-corrected chi connectivity index (χ2v) is 3.58. The van der Waals surface area contributed by atoms with E-state index in [2.05, 4.69) is 10.2 Å². The fraction of sp³-hybridized carbons (Fsp3) is 0.167. The lowest BCUT2D eigenvalue weighted by Crippen LogP contribution is -2.31. The highest BCUT2D eigenvalue weighted by atomic mass is 16.2. The van der Waals surface area contributed by atoms with Crippen molar-refractivity contribution in [1.82, 2.24) is 10.2 Å². The number of hydrogen-bond donors (Lipinski definition) is 2. The molecular weight excluding hydrogens is 216 g/mol. The van der Waals surface area contributed by atoms with E-state index in [1.807, 2.05) is 25.1 Å². The Morgan fingerprint density at radius 1 is 1.41 bits per heavy atom. The van der Waals surface area contributed by atoms with Gasteiger partial charge in [-0.25, -0.2) is 0 Å². The molecule has 1 amide bonds. The van der Waals surface area contributed by atoms with Crippen LogP contribution in [0.5, 0.6) is 0 Å². The molecule has 0 atom stereocenters. The number of nitrogens with one attached hydrogen (secondary N) is 1. The molecule has 0 aliphatic heterocycles. The second kappa shape index (κ2) is 4.69. The third-order valence-corrected chi connectivity index (χ3v) is 2.52. The molecule has 17 heavy (non-hydrogen) atoms. The Morgan fingerprint density at radius 2 is 2.18 bits per heavy atom. The Balaban J connectivity index is 2.35. The van der Waals surface area contributed by atoms with E-state index >= 15 is 0 Å². The van der Waals surface area contributed by atoms with Gasteiger partial charge in [0.25, 0.3) is 5.91 Å². The maximum absolute atomic E-state index is 12.2. The van der Waals surface area contributed by atoms with E-state index in [0.717, 1.165) is 5.69 Å². The third-order valence-electron chi connectivity index (χ3n) is 2.52. The highest BCUT2D eigenvalue weighted by Crippen LogP contribution is 2.23. The topological polar surface area (TPSA) is 75.0 Å². The summed E-state index contributed by atoms with van der Waals surface area (Å²) in [5.74, 6) is -0.136. The molecule has 1 aromatic carbocycles. The van der Waals surface area contributed by atoms with Crippen molar-refractivity contribution in [1.29, 1.82) is 0 Å². The number of aromatic amines is 1. The number of aromatic nitrogens is 2. The zero-order valence-electron chi connectivity index (χ0n) is 9.55. The zero-order chi connectivity index (χ0) is 12.3. The third kappa shape index (κ3) is 2.13. The van der Waals surface area contributed by atoms with Gasteiger partial charge in [-0.1, -0.05) is 12.1 Å². The SMILES string of the molecule is CCN(C(=O)c1ccn[nH]1)c1ccccc1N. The number of amides is 1. The van der Waals surface area contributed by atoms with Gasteiger partial charge in [0.1, 0.15) is 5.69 Å². The summed E-state index contributed by atoms with van der Waals surface area (Å²) in [4.78, 5) is 13.8. The molecule has 5 heteroatoms. The van der Waals surface area contributed by atoms with Crippen LogP contribution in [0.2, 0.25) is 0 Å². The number of nitrogens with zero attached hydrogens (tertiary/aromatic N) is 2. The average molecular weight is 230 g/mol. The van der Waals surface area contributed by atoms with Crippen LogP contribution in [-0.4, -0.2) is 22.6 Å². The van der Waals surface area contributed by atoms with Gasteiger partial charge in [-0.15, -0.1) is 0 Å². The lowest BCUT2D eigenvalue weighted by molar-refractivity contribution is 0.0983. The Bertz CT molecular complexity index is 507. The van der Waals surface area contributed by atoms with Crippen LogP contribution in [0.15, 0.2) is 36.5 Å². The first-order valence-corrected chi connectivity index (χ1v) is 5.39. The highest BCUT2D eigenvalue weighted by molar-refractivity contribution is 6.06. The molecule has 2 aromatic rings. The van der Waals surface area contributed by atoms with Crippen LogP contribution < -0.4 is 10.6 Å². The van der Waals surface area contributed by atoms with Gasteiger partial charge in [0.2, 0.25) is 0 Å². The molecule has 0 radical (unpaired) electrons. The van der Waals surface area contributed by atoms with Crippen molar-refractivity contribution in [2.75, 3.05) is 17.2 Å². The summed E-state index contributed by atoms with van der Waals surface area (Å²) in [6.45, 7) is 2.45. The molecule has 3 N–H and O–H groups in total. The van der Waals surface area contributed by atoms with Crippen molar-refractivity contribution in [2.24, 2.45) is 0 Å². The molecule has 2 rings (SSSR count). The maximum atomic E-state index is 12.2. The van der Waals surface area contributed by atoms with E-state index in [4.69, 9.17) is 5.73 Å². The first-order valence-electron chi connectivity index (χ1n) is 5.39. The summed E-state index contributed by atoms with van der Waals surface area (Å²) >= 11 is 0. The summed E-state index contributed by atoms with van der Waals surface area (Å²) in [6, 6.07) is 8.94. The van der Waals surface area contributed by atoms with Crippen LogP contribution in [0, 0.1) is 0 Å². The Labute approximate surface area is 99.2 Å². The number of rotatable bonds is 3. The predicted octanol–water partition coefficient (Wildman–Crippen LogP) is 1.66. The Hall–Kier alpha value is -2.30. The van der Waals surface area contributed by atoms with E-state index in [0.29, 0.717) is 17.9 Å². The predicted molar refractivity (Wildman–Crippen MR) is 66.8 cm³/mol. The number of hydrogen-bond acceptors (Lipinski definition) is 3. The number of benzene rings is 1. The van der Waals surface area contributed by atoms with Crippen molar-refractivity contribution in [2.45, 2.75) is 6.92 Å². The molecule has 0 fully saturated rings. The van der Waals surface area contributed by atoms with Gasteiger partial charge in [0.15, 0.2) is 0 Å². The first-order chi connectivity index (χ1) is 8.24. The van der Waals surface area contributed by atoms with Gasteiger partial charge in [-0.05, 0) is 25.1 Å². The van der Waals surface area contributed by atoms with E-state index in [1.165, 1.54) is 0 Å². The summed E-state index contributed by atoms with van der Waals surface area (Å²) in [5.41, 5.74) is 7.62. The second-order valence-electron chi connectivity index (χ2n) is 3.58. The Kier molecular flexibility index (Phi) is 3.09. The number of para-hydroxylation sites is 2. The molecule has 0 spiro atoms. The van der Waals surface area contributed by atoms with Gasteiger partial charge in [0.05, 0.1) is 11.4 Å². The molecule has 0 bridgehead atoms. The summed E-state index contributed by atoms with van der Waals surface area (Å²) in [6.07, 6.45) is 1.55. The number of nitrogen functional groups attached to an aromatic ring is 1. The molecule has 5 nitrogen and oxygen atoms in total. The van der Waals surface area contributed by atoms with E-state index in [9.17, 15) is 4.79 Å². The number of nitrogens with two attached hydrogens (primary N) is 1. The van der Waals surface area contributed by atoms with E-state index in [-0.39, 0.29) is 5.91 Å². The number of carbonyl (C=O) groups is 1. The van der Waals surface area contributed by atoms with Crippen molar-refractivity contribution in [3.05, 3.63) is 42.2 Å². The normalized spacial score (nSPS) is 10.2. The molecule has 0 unspecified atom stereocenters. The van der Waals surface area contributed by atoms with Gasteiger partial charge in [0, 0.05) is 12.7 Å². The quantitative estimate of drug-likeness (QED) is 0.787. The molecule has 0 saturated heterocycles. The lowest BCUT2D eigenvalue weighted by atomic mass is 10.2. The standard InChI is InChI=1S/C12H14N4O/c1-2-16(11-6-4-3-5-9(11)13)12(17)10-7-8-14-15-10/h3-8H,2,13H2,1H3,(H,14,15). The van der Waals surface area contributed by atoms with Crippen LogP contribution in [0.1, 0.15) is 17.4 Å². The van der Waals surface area contributed by atoms with Crippen LogP contribution in [0.3, 0.4) is 0 Å². The van der Waals surface area contributed by atoms with Crippen LogP contribution in [-0.2, 0) is 0 Å². The molecule has 0 aliphatic carbocycles. The van der Waals surface area contributed by atoms with Crippen molar-refractivity contribution < 1.29 is 4.79 Å². The molecule has 1 heterocycles. The van der Waals surface area contributed by atoms with Crippen molar-refractivity contribution in [3.8, 4) is 0 Å². The van der Waals surface area contributed by atoms with Gasteiger partial charge in [-0.3, -0.25) is 9.89 Å². The van der Waals surface area contributed by atoms with Gasteiger partial charge >= 0.3 is 0 Å². The van der Waals surface area contributed by atoms with Crippen LogP contribution in [0.25, 0.3) is 0 Å². The Morgan fingerprint density at radius 3 is 2.76 bits per heavy atom. The van der Waals surface area contributed by atoms with Crippen molar-refractivity contribution in [3.63, 3.8) is 0 Å². The monoisotopic (exact) mass is 230 g/mol. The smallest absolute Gasteiger partial charge is 0.276 e. The van der Waals surface area contributed by atoms with Crippen LogP contribution >= 0.6 is 0 Å². The van der Waals surface area contributed by atoms with Gasteiger partial charge in [-0.2, -0.15) is 5.10 Å². The first kappa shape index (κ1) is 11.2. The fourth-order valence-corrected chi connectivity index (χ4v) is 1.68. The molecular formula is C12H14N4O. The van der Waals surface area contributed by atoms with Crippen molar-refractivity contribution >= 4 is 17.3 Å². The minimum absolute atomic E-state index is 0.136. The largest absolute Gasteiger partial charge is 0.397 e. The average Bonchev–Trinajstić information content (AvgIpc) is 2.86. The fourth-order valence-electron chi connectivity index (χ4n) is 1.68. The van der Waals surface area contributed by atoms with Gasteiger partial charge < -0.3 is 10.6 Å². The molecule has 0 aliphatic rings. The number of H-pyrrole nitrogens is 1. The molecule has 0 saturated carbocycles. The van der Waals surface area contributed by atoms with Crippen LogP contribution in [0.4, 0.5) is 11.4 Å². The van der Waals surface area contributed by atoms with E-state index < -0.39 is 0 Å². The number of anilines is 2. The minimum Gasteiger partial charge on any atom is -0.397 e. The summed E-state index contributed by atoms with van der Waals surface area (Å²) in [7, 11) is 0. The lowest BCUT2D eigenvalue weighted by Gasteiger charge is -2.21. The summed E-state index contributed by atoms with van der Waals surface area (Å²) in [5, 5.41) is 6.43. The highest BCUT2D eigenvalue weighted by Gasteiger charge is 2.18. The maximum Gasteiger partial charge on any atom is 0.276 e. The molecule has 88 valence electrons.